The topological polar surface area (TPSA) is 127 Å². The van der Waals surface area contributed by atoms with Crippen molar-refractivity contribution in [3.8, 4) is 17.9 Å². The summed E-state index contributed by atoms with van der Waals surface area (Å²) in [5, 5.41) is 18.6. The van der Waals surface area contributed by atoms with Gasteiger partial charge in [-0.05, 0) is 55.7 Å². The zero-order valence-corrected chi connectivity index (χ0v) is 21.2. The SMILES string of the molecule is N#CCCN(CCC#N)S(=O)(=O)c1ccc(C(=O)Oc2ccc3nc(N4CCCCC4)sc3c2)cc1. The lowest BCUT2D eigenvalue weighted by Crippen LogP contribution is -2.32. The van der Waals surface area contributed by atoms with Crippen LogP contribution in [-0.2, 0) is 10.0 Å². The van der Waals surface area contributed by atoms with Crippen LogP contribution in [0.2, 0.25) is 0 Å². The fraction of sp³-hybridized carbons (Fsp3) is 0.360. The second kappa shape index (κ2) is 11.5. The number of sulfonamides is 1. The third kappa shape index (κ3) is 5.82. The monoisotopic (exact) mass is 523 g/mol. The van der Waals surface area contributed by atoms with Crippen LogP contribution in [0.3, 0.4) is 0 Å². The quantitative estimate of drug-likeness (QED) is 0.300. The van der Waals surface area contributed by atoms with E-state index in [4.69, 9.17) is 20.2 Å². The van der Waals surface area contributed by atoms with E-state index in [1.165, 1.54) is 30.7 Å². The second-order valence-corrected chi connectivity index (χ2v) is 11.3. The average Bonchev–Trinajstić information content (AvgIpc) is 3.33. The van der Waals surface area contributed by atoms with Crippen LogP contribution in [0.5, 0.6) is 5.75 Å². The molecule has 0 bridgehead atoms. The number of thiazole rings is 1. The lowest BCUT2D eigenvalue weighted by molar-refractivity contribution is 0.0735. The third-order valence-corrected chi connectivity index (χ3v) is 8.85. The number of esters is 1. The molecule has 0 aliphatic carbocycles. The van der Waals surface area contributed by atoms with Crippen molar-refractivity contribution in [3.05, 3.63) is 48.0 Å². The Hall–Kier alpha value is -3.51. The third-order valence-electron chi connectivity index (χ3n) is 5.86. The van der Waals surface area contributed by atoms with Crippen molar-refractivity contribution in [2.45, 2.75) is 37.0 Å². The number of fused-ring (bicyclic) bond motifs is 1. The number of hydrogen-bond donors (Lipinski definition) is 0. The van der Waals surface area contributed by atoms with Crippen LogP contribution < -0.4 is 9.64 Å². The molecule has 0 N–H and O–H groups in total. The summed E-state index contributed by atoms with van der Waals surface area (Å²) in [7, 11) is -3.91. The van der Waals surface area contributed by atoms with Gasteiger partial charge in [0, 0.05) is 45.1 Å². The Labute approximate surface area is 214 Å². The Morgan fingerprint density at radius 2 is 1.69 bits per heavy atom. The number of carbonyl (C=O) groups excluding carboxylic acids is 1. The molecule has 0 amide bonds. The molecule has 0 radical (unpaired) electrons. The van der Waals surface area contributed by atoms with Crippen LogP contribution in [0, 0.1) is 22.7 Å². The predicted octanol–water partition coefficient (Wildman–Crippen LogP) is 4.32. The first kappa shape index (κ1) is 25.6. The van der Waals surface area contributed by atoms with Crippen LogP contribution in [0.4, 0.5) is 5.13 Å². The Kier molecular flexibility index (Phi) is 8.16. The normalized spacial score (nSPS) is 13.9. The fourth-order valence-electron chi connectivity index (χ4n) is 3.96. The van der Waals surface area contributed by atoms with Crippen molar-refractivity contribution < 1.29 is 17.9 Å². The van der Waals surface area contributed by atoms with E-state index in [-0.39, 0.29) is 36.4 Å². The predicted molar refractivity (Wildman–Crippen MR) is 136 cm³/mol. The van der Waals surface area contributed by atoms with Gasteiger partial charge in [-0.2, -0.15) is 14.8 Å². The molecule has 1 aliphatic heterocycles. The summed E-state index contributed by atoms with van der Waals surface area (Å²) in [4.78, 5) is 19.7. The Balaban J connectivity index is 1.46. The van der Waals surface area contributed by atoms with Crippen LogP contribution in [0.1, 0.15) is 42.5 Å². The molecule has 186 valence electrons. The van der Waals surface area contributed by atoms with Crippen molar-refractivity contribution in [1.29, 1.82) is 10.5 Å². The number of hydrogen-bond acceptors (Lipinski definition) is 9. The molecule has 0 unspecified atom stereocenters. The number of rotatable bonds is 9. The molecule has 1 aromatic heterocycles. The van der Waals surface area contributed by atoms with Gasteiger partial charge in [-0.15, -0.1) is 0 Å². The standard InChI is InChI=1S/C25H25N5O4S2/c26-12-4-16-30(17-5-13-27)36(32,33)21-9-6-19(7-10-21)24(31)34-20-8-11-22-23(18-20)35-25(28-22)29-14-2-1-3-15-29/h6-11,18H,1-5,14-17H2. The van der Waals surface area contributed by atoms with Gasteiger partial charge in [0.25, 0.3) is 0 Å². The second-order valence-electron chi connectivity index (χ2n) is 8.31. The molecule has 36 heavy (non-hydrogen) atoms. The fourth-order valence-corrected chi connectivity index (χ4v) is 6.44. The van der Waals surface area contributed by atoms with Gasteiger partial charge < -0.3 is 9.64 Å². The maximum absolute atomic E-state index is 12.9. The summed E-state index contributed by atoms with van der Waals surface area (Å²) in [6.07, 6.45) is 3.60. The largest absolute Gasteiger partial charge is 0.423 e. The van der Waals surface area contributed by atoms with Crippen LogP contribution in [-0.4, -0.2) is 49.9 Å². The first-order valence-corrected chi connectivity index (χ1v) is 13.9. The molecule has 1 saturated heterocycles. The molecule has 2 heterocycles. The molecule has 0 atom stereocenters. The minimum Gasteiger partial charge on any atom is -0.423 e. The van der Waals surface area contributed by atoms with Gasteiger partial charge >= 0.3 is 5.97 Å². The Bertz CT molecular complexity index is 1400. The van der Waals surface area contributed by atoms with Gasteiger partial charge in [0.05, 0.1) is 32.8 Å². The van der Waals surface area contributed by atoms with Gasteiger partial charge in [-0.3, -0.25) is 0 Å². The maximum atomic E-state index is 12.9. The Morgan fingerprint density at radius 3 is 2.33 bits per heavy atom. The zero-order chi connectivity index (χ0) is 25.5. The van der Waals surface area contributed by atoms with Gasteiger partial charge in [0.2, 0.25) is 10.0 Å². The van der Waals surface area contributed by atoms with Crippen molar-refractivity contribution >= 4 is 42.7 Å². The first-order valence-electron chi connectivity index (χ1n) is 11.6. The highest BCUT2D eigenvalue weighted by atomic mass is 32.2. The van der Waals surface area contributed by atoms with Gasteiger partial charge in [0.1, 0.15) is 5.75 Å². The molecule has 11 heteroatoms. The van der Waals surface area contributed by atoms with Crippen LogP contribution >= 0.6 is 11.3 Å². The van der Waals surface area contributed by atoms with Crippen molar-refractivity contribution in [2.24, 2.45) is 0 Å². The maximum Gasteiger partial charge on any atom is 0.343 e. The number of benzene rings is 2. The number of piperidine rings is 1. The first-order chi connectivity index (χ1) is 17.4. The van der Waals surface area contributed by atoms with E-state index in [2.05, 4.69) is 4.90 Å². The molecule has 2 aromatic carbocycles. The highest BCUT2D eigenvalue weighted by Gasteiger charge is 2.24. The lowest BCUT2D eigenvalue weighted by Gasteiger charge is -2.25. The van der Waals surface area contributed by atoms with Crippen LogP contribution in [0.25, 0.3) is 10.2 Å². The molecule has 1 aliphatic rings. The van der Waals surface area contributed by atoms with Gasteiger partial charge in [-0.25, -0.2) is 18.2 Å². The summed E-state index contributed by atoms with van der Waals surface area (Å²) in [6, 6.07) is 14.6. The number of anilines is 1. The molecular formula is C25H25N5O4S2. The molecule has 0 spiro atoms. The summed E-state index contributed by atoms with van der Waals surface area (Å²) >= 11 is 1.57. The molecular weight excluding hydrogens is 498 g/mol. The minimum absolute atomic E-state index is 0.0101. The highest BCUT2D eigenvalue weighted by molar-refractivity contribution is 7.89. The number of ether oxygens (including phenoxy) is 1. The Morgan fingerprint density at radius 1 is 1.03 bits per heavy atom. The average molecular weight is 524 g/mol. The summed E-state index contributed by atoms with van der Waals surface area (Å²) < 4.78 is 33.5. The number of aromatic nitrogens is 1. The number of nitrogens with zero attached hydrogens (tertiary/aromatic N) is 5. The van der Waals surface area contributed by atoms with E-state index in [9.17, 15) is 13.2 Å². The molecule has 9 nitrogen and oxygen atoms in total. The summed E-state index contributed by atoms with van der Waals surface area (Å²) in [5.41, 5.74) is 1.06. The van der Waals surface area contributed by atoms with E-state index in [1.54, 1.807) is 23.5 Å². The van der Waals surface area contributed by atoms with Crippen molar-refractivity contribution in [2.75, 3.05) is 31.1 Å². The van der Waals surface area contributed by atoms with E-state index in [0.717, 1.165) is 45.6 Å². The number of nitriles is 2. The minimum atomic E-state index is -3.91. The zero-order valence-electron chi connectivity index (χ0n) is 19.6. The van der Waals surface area contributed by atoms with E-state index >= 15 is 0 Å². The van der Waals surface area contributed by atoms with Crippen molar-refractivity contribution in [3.63, 3.8) is 0 Å². The molecule has 3 aromatic rings. The summed E-state index contributed by atoms with van der Waals surface area (Å²) in [6.45, 7) is 1.98. The summed E-state index contributed by atoms with van der Waals surface area (Å²) in [5.74, 6) is -0.220. The molecule has 4 rings (SSSR count). The highest BCUT2D eigenvalue weighted by Crippen LogP contribution is 2.33. The van der Waals surface area contributed by atoms with Crippen molar-refractivity contribution in [1.82, 2.24) is 9.29 Å². The molecule has 1 fully saturated rings. The van der Waals surface area contributed by atoms with E-state index in [1.807, 2.05) is 18.2 Å². The van der Waals surface area contributed by atoms with E-state index in [0.29, 0.717) is 5.75 Å². The van der Waals surface area contributed by atoms with Crippen LogP contribution in [0.15, 0.2) is 47.4 Å². The number of carbonyl (C=O) groups is 1. The van der Waals surface area contributed by atoms with Gasteiger partial charge in [0.15, 0.2) is 5.13 Å². The van der Waals surface area contributed by atoms with Gasteiger partial charge in [-0.1, -0.05) is 11.3 Å². The smallest absolute Gasteiger partial charge is 0.343 e. The van der Waals surface area contributed by atoms with E-state index < -0.39 is 16.0 Å². The lowest BCUT2D eigenvalue weighted by atomic mass is 10.1. The molecule has 0 saturated carbocycles.